The van der Waals surface area contributed by atoms with Crippen LogP contribution in [0.15, 0.2) is 194 Å². The predicted molar refractivity (Wildman–Crippen MR) is 240 cm³/mol. The number of para-hydroxylation sites is 2. The van der Waals surface area contributed by atoms with E-state index in [1.165, 1.54) is 75.5 Å². The Labute approximate surface area is 332 Å². The van der Waals surface area contributed by atoms with E-state index in [0.29, 0.717) is 0 Å². The highest BCUT2D eigenvalue weighted by atomic mass is 32.1. The van der Waals surface area contributed by atoms with Crippen LogP contribution in [-0.2, 0) is 0 Å². The van der Waals surface area contributed by atoms with E-state index in [9.17, 15) is 0 Å². The van der Waals surface area contributed by atoms with Crippen molar-refractivity contribution in [3.63, 3.8) is 0 Å². The van der Waals surface area contributed by atoms with Crippen LogP contribution in [0, 0.1) is 0 Å². The van der Waals surface area contributed by atoms with Crippen molar-refractivity contribution in [2.24, 2.45) is 0 Å². The molecule has 2 heterocycles. The minimum Gasteiger partial charge on any atom is -0.236 e. The van der Waals surface area contributed by atoms with Gasteiger partial charge in [0.25, 0.3) is 0 Å². The number of hydrogen-bond donors (Lipinski definition) is 0. The van der Waals surface area contributed by atoms with E-state index in [-0.39, 0.29) is 0 Å². The van der Waals surface area contributed by atoms with E-state index in [1.807, 2.05) is 12.1 Å². The van der Waals surface area contributed by atoms with E-state index in [0.717, 1.165) is 32.2 Å². The minimum absolute atomic E-state index is 1.05. The van der Waals surface area contributed by atoms with Crippen molar-refractivity contribution < 1.29 is 0 Å². The summed E-state index contributed by atoms with van der Waals surface area (Å²) in [4.78, 5) is 9.77. The van der Waals surface area contributed by atoms with Crippen LogP contribution in [0.1, 0.15) is 0 Å². The Bertz CT molecular complexity index is 2900. The molecule has 56 heavy (non-hydrogen) atoms. The molecule has 4 heteroatoms. The third-order valence-corrected chi connectivity index (χ3v) is 12.9. The molecular weight excluding hydrogens is 717 g/mol. The maximum absolute atomic E-state index is 4.88. The molecular formula is C52H32N2S2. The SMILES string of the molecule is c1cc(-c2ccc(-c3nc4ccccc4s3)cc2)cc(-c2c3ccccc3c(-c3cccc(-c4ccc(-c5nc6ccccc6s5)cc4)c3)c3ccccc23)c1. The predicted octanol–water partition coefficient (Wildman–Crippen LogP) is 15.2. The Morgan fingerprint density at radius 3 is 1.00 bits per heavy atom. The highest BCUT2D eigenvalue weighted by Gasteiger charge is 2.18. The van der Waals surface area contributed by atoms with Crippen molar-refractivity contribution in [3.05, 3.63) is 194 Å². The lowest BCUT2D eigenvalue weighted by Crippen LogP contribution is -1.91. The van der Waals surface area contributed by atoms with Gasteiger partial charge in [-0.2, -0.15) is 0 Å². The van der Waals surface area contributed by atoms with Crippen molar-refractivity contribution >= 4 is 64.7 Å². The van der Waals surface area contributed by atoms with Gasteiger partial charge in [-0.15, -0.1) is 22.7 Å². The molecule has 11 rings (SSSR count). The van der Waals surface area contributed by atoms with Gasteiger partial charge in [0.05, 0.1) is 20.4 Å². The summed E-state index contributed by atoms with van der Waals surface area (Å²) in [6, 6.07) is 70.2. The Morgan fingerprint density at radius 2 is 0.607 bits per heavy atom. The molecule has 0 aliphatic heterocycles. The Kier molecular flexibility index (Phi) is 7.90. The standard InChI is InChI=1S/C52H32N2S2/c1-2-16-42-41(15-1)49(39-13-9-11-37(31-39)33-23-27-35(28-24-33)51-53-45-19-5-7-21-47(45)55-51)43-17-3-4-18-44(43)50(42)40-14-10-12-38(32-40)34-25-29-36(30-26-34)52-54-46-20-6-8-22-48(46)56-52/h1-32H. The fourth-order valence-electron chi connectivity index (χ4n) is 8.06. The Balaban J connectivity index is 0.979. The molecule has 0 fully saturated rings. The Morgan fingerprint density at radius 1 is 0.268 bits per heavy atom. The maximum atomic E-state index is 4.88. The van der Waals surface area contributed by atoms with Crippen molar-refractivity contribution in [3.8, 4) is 65.6 Å². The van der Waals surface area contributed by atoms with Gasteiger partial charge in [0.15, 0.2) is 0 Å². The molecule has 2 nitrogen and oxygen atoms in total. The van der Waals surface area contributed by atoms with Crippen LogP contribution in [0.3, 0.4) is 0 Å². The van der Waals surface area contributed by atoms with Gasteiger partial charge in [0.1, 0.15) is 10.0 Å². The van der Waals surface area contributed by atoms with Gasteiger partial charge in [-0.05, 0) is 102 Å². The lowest BCUT2D eigenvalue weighted by atomic mass is 9.85. The second-order valence-corrected chi connectivity index (χ2v) is 16.2. The van der Waals surface area contributed by atoms with E-state index < -0.39 is 0 Å². The Hall–Kier alpha value is -6.72. The first-order valence-electron chi connectivity index (χ1n) is 18.8. The summed E-state index contributed by atoms with van der Waals surface area (Å²) in [5.41, 5.74) is 14.1. The van der Waals surface area contributed by atoms with Crippen molar-refractivity contribution in [2.75, 3.05) is 0 Å². The molecule has 0 N–H and O–H groups in total. The van der Waals surface area contributed by atoms with Crippen LogP contribution in [0.5, 0.6) is 0 Å². The first-order valence-corrected chi connectivity index (χ1v) is 20.4. The molecule has 0 spiro atoms. The van der Waals surface area contributed by atoms with Crippen molar-refractivity contribution in [1.29, 1.82) is 0 Å². The van der Waals surface area contributed by atoms with E-state index >= 15 is 0 Å². The molecule has 9 aromatic carbocycles. The van der Waals surface area contributed by atoms with Gasteiger partial charge in [-0.3, -0.25) is 0 Å². The highest BCUT2D eigenvalue weighted by Crippen LogP contribution is 2.45. The van der Waals surface area contributed by atoms with E-state index in [1.54, 1.807) is 22.7 Å². The van der Waals surface area contributed by atoms with Gasteiger partial charge < -0.3 is 0 Å². The molecule has 262 valence electrons. The van der Waals surface area contributed by atoms with Crippen LogP contribution < -0.4 is 0 Å². The van der Waals surface area contributed by atoms with Gasteiger partial charge in [-0.1, -0.05) is 158 Å². The molecule has 0 aliphatic carbocycles. The fraction of sp³-hybridized carbons (Fsp3) is 0. The topological polar surface area (TPSA) is 25.8 Å². The molecule has 0 unspecified atom stereocenters. The van der Waals surface area contributed by atoms with Gasteiger partial charge in [0, 0.05) is 11.1 Å². The second kappa shape index (κ2) is 13.5. The molecule has 0 aliphatic rings. The molecule has 0 radical (unpaired) electrons. The molecule has 0 amide bonds. The number of thiazole rings is 2. The van der Waals surface area contributed by atoms with Gasteiger partial charge >= 0.3 is 0 Å². The monoisotopic (exact) mass is 748 g/mol. The zero-order valence-corrected chi connectivity index (χ0v) is 31.8. The van der Waals surface area contributed by atoms with Gasteiger partial charge in [-0.25, -0.2) is 9.97 Å². The van der Waals surface area contributed by atoms with Crippen LogP contribution in [-0.4, -0.2) is 9.97 Å². The molecule has 0 bridgehead atoms. The molecule has 11 aromatic rings. The van der Waals surface area contributed by atoms with Gasteiger partial charge in [0.2, 0.25) is 0 Å². The normalized spacial score (nSPS) is 11.6. The average molecular weight is 749 g/mol. The number of nitrogens with zero attached hydrogens (tertiary/aromatic N) is 2. The number of hydrogen-bond acceptors (Lipinski definition) is 4. The zero-order valence-electron chi connectivity index (χ0n) is 30.2. The third kappa shape index (κ3) is 5.70. The summed E-state index contributed by atoms with van der Waals surface area (Å²) in [7, 11) is 0. The first-order chi connectivity index (χ1) is 27.7. The number of rotatable bonds is 6. The van der Waals surface area contributed by atoms with Crippen molar-refractivity contribution in [2.45, 2.75) is 0 Å². The maximum Gasteiger partial charge on any atom is 0.124 e. The van der Waals surface area contributed by atoms with Crippen LogP contribution in [0.4, 0.5) is 0 Å². The lowest BCUT2D eigenvalue weighted by Gasteiger charge is -2.18. The second-order valence-electron chi connectivity index (χ2n) is 14.1. The summed E-state index contributed by atoms with van der Waals surface area (Å²) in [6.07, 6.45) is 0. The number of benzene rings is 9. The summed E-state index contributed by atoms with van der Waals surface area (Å²) in [6.45, 7) is 0. The first kappa shape index (κ1) is 32.7. The lowest BCUT2D eigenvalue weighted by molar-refractivity contribution is 1.47. The largest absolute Gasteiger partial charge is 0.236 e. The average Bonchev–Trinajstić information content (AvgIpc) is 3.91. The van der Waals surface area contributed by atoms with Crippen LogP contribution in [0.25, 0.3) is 108 Å². The van der Waals surface area contributed by atoms with E-state index in [4.69, 9.17) is 9.97 Å². The zero-order chi connectivity index (χ0) is 37.0. The smallest absolute Gasteiger partial charge is 0.124 e. The quantitative estimate of drug-likeness (QED) is 0.158. The third-order valence-electron chi connectivity index (χ3n) is 10.8. The van der Waals surface area contributed by atoms with Crippen molar-refractivity contribution in [1.82, 2.24) is 9.97 Å². The molecule has 2 aromatic heterocycles. The summed E-state index contributed by atoms with van der Waals surface area (Å²) in [5, 5.41) is 7.08. The fourth-order valence-corrected chi connectivity index (χ4v) is 10.0. The molecule has 0 saturated carbocycles. The molecule has 0 saturated heterocycles. The number of aromatic nitrogens is 2. The van der Waals surface area contributed by atoms with E-state index in [2.05, 4.69) is 182 Å². The molecule has 0 atom stereocenters. The minimum atomic E-state index is 1.05. The highest BCUT2D eigenvalue weighted by molar-refractivity contribution is 7.22. The van der Waals surface area contributed by atoms with Crippen LogP contribution >= 0.6 is 22.7 Å². The summed E-state index contributed by atoms with van der Waals surface area (Å²) < 4.78 is 2.42. The van der Waals surface area contributed by atoms with Crippen LogP contribution in [0.2, 0.25) is 0 Å². The summed E-state index contributed by atoms with van der Waals surface area (Å²) >= 11 is 3.48. The summed E-state index contributed by atoms with van der Waals surface area (Å²) in [5.74, 6) is 0. The number of fused-ring (bicyclic) bond motifs is 4.